The molecule has 1 heterocycles. The quantitative estimate of drug-likeness (QED) is 0.845. The first kappa shape index (κ1) is 14.0. The molecule has 1 N–H and O–H groups in total. The molecule has 4 heteroatoms. The highest BCUT2D eigenvalue weighted by atomic mass is 16.5. The fourth-order valence-electron chi connectivity index (χ4n) is 2.09. The van der Waals surface area contributed by atoms with Gasteiger partial charge in [0.05, 0.1) is 18.4 Å². The van der Waals surface area contributed by atoms with Crippen molar-refractivity contribution in [2.75, 3.05) is 18.2 Å². The Hall–Kier alpha value is -1.39. The van der Waals surface area contributed by atoms with E-state index in [1.54, 1.807) is 0 Å². The number of hydrogen-bond donors (Lipinski definition) is 1. The molecule has 1 amide bonds. The predicted molar refractivity (Wildman–Crippen MR) is 76.0 cm³/mol. The standard InChI is InChI=1S/C15H22N2O2/c1-15(2,3)19-11-16-13-9-10-17(14(13)18)12-7-5-4-6-8-12/h4-8,13,16H,9-11H2,1-3H3/t13-/m1/s1. The van der Waals surface area contributed by atoms with E-state index >= 15 is 0 Å². The summed E-state index contributed by atoms with van der Waals surface area (Å²) in [5.41, 5.74) is 0.780. The average molecular weight is 262 g/mol. The first-order valence-electron chi connectivity index (χ1n) is 6.71. The van der Waals surface area contributed by atoms with Gasteiger partial charge < -0.3 is 9.64 Å². The van der Waals surface area contributed by atoms with Gasteiger partial charge in [0.25, 0.3) is 0 Å². The fraction of sp³-hybridized carbons (Fsp3) is 0.533. The Kier molecular flexibility index (Phi) is 4.22. The van der Waals surface area contributed by atoms with E-state index < -0.39 is 0 Å². The number of amides is 1. The molecular formula is C15H22N2O2. The molecule has 1 atom stereocenters. The van der Waals surface area contributed by atoms with Crippen molar-refractivity contribution in [1.82, 2.24) is 5.32 Å². The third-order valence-electron chi connectivity index (χ3n) is 3.11. The zero-order valence-electron chi connectivity index (χ0n) is 11.8. The topological polar surface area (TPSA) is 41.6 Å². The number of carbonyl (C=O) groups excluding carboxylic acids is 1. The first-order valence-corrected chi connectivity index (χ1v) is 6.71. The minimum Gasteiger partial charge on any atom is -0.361 e. The lowest BCUT2D eigenvalue weighted by Gasteiger charge is -2.21. The molecule has 1 fully saturated rings. The summed E-state index contributed by atoms with van der Waals surface area (Å²) in [4.78, 5) is 14.1. The number of para-hydroxylation sites is 1. The van der Waals surface area contributed by atoms with Gasteiger partial charge in [-0.2, -0.15) is 0 Å². The number of carbonyl (C=O) groups is 1. The second kappa shape index (κ2) is 5.72. The van der Waals surface area contributed by atoms with Gasteiger partial charge in [-0.15, -0.1) is 0 Å². The van der Waals surface area contributed by atoms with Gasteiger partial charge in [-0.05, 0) is 39.3 Å². The Morgan fingerprint density at radius 2 is 2.00 bits per heavy atom. The highest BCUT2D eigenvalue weighted by Crippen LogP contribution is 2.21. The number of nitrogens with one attached hydrogen (secondary N) is 1. The molecule has 2 rings (SSSR count). The van der Waals surface area contributed by atoms with Crippen LogP contribution in [0, 0.1) is 0 Å². The highest BCUT2D eigenvalue weighted by molar-refractivity contribution is 5.99. The van der Waals surface area contributed by atoms with Crippen molar-refractivity contribution in [3.05, 3.63) is 30.3 Å². The molecular weight excluding hydrogens is 240 g/mol. The Morgan fingerprint density at radius 1 is 1.32 bits per heavy atom. The Bertz CT molecular complexity index is 426. The van der Waals surface area contributed by atoms with Crippen molar-refractivity contribution < 1.29 is 9.53 Å². The van der Waals surface area contributed by atoms with Crippen LogP contribution in [-0.4, -0.2) is 30.8 Å². The van der Waals surface area contributed by atoms with Crippen LogP contribution in [0.5, 0.6) is 0 Å². The van der Waals surface area contributed by atoms with Crippen LogP contribution in [0.2, 0.25) is 0 Å². The zero-order chi connectivity index (χ0) is 13.9. The number of rotatable bonds is 4. The number of ether oxygens (including phenoxy) is 1. The summed E-state index contributed by atoms with van der Waals surface area (Å²) in [5, 5.41) is 3.17. The number of benzene rings is 1. The maximum atomic E-state index is 12.3. The van der Waals surface area contributed by atoms with Crippen molar-refractivity contribution in [3.8, 4) is 0 Å². The number of nitrogens with zero attached hydrogens (tertiary/aromatic N) is 1. The molecule has 0 saturated carbocycles. The van der Waals surface area contributed by atoms with Crippen molar-refractivity contribution in [1.29, 1.82) is 0 Å². The van der Waals surface area contributed by atoms with E-state index in [9.17, 15) is 4.79 Å². The normalized spacial score (nSPS) is 20.1. The SMILES string of the molecule is CC(C)(C)OCN[C@@H]1CCN(c2ccccc2)C1=O. The van der Waals surface area contributed by atoms with Gasteiger partial charge in [-0.3, -0.25) is 10.1 Å². The van der Waals surface area contributed by atoms with E-state index in [0.717, 1.165) is 18.7 Å². The molecule has 1 aliphatic rings. The van der Waals surface area contributed by atoms with Crippen molar-refractivity contribution in [2.45, 2.75) is 38.8 Å². The molecule has 0 bridgehead atoms. The molecule has 1 aromatic rings. The van der Waals surface area contributed by atoms with Crippen molar-refractivity contribution >= 4 is 11.6 Å². The number of anilines is 1. The minimum absolute atomic E-state index is 0.128. The second-order valence-electron chi connectivity index (χ2n) is 5.77. The first-order chi connectivity index (χ1) is 8.97. The largest absolute Gasteiger partial charge is 0.361 e. The lowest BCUT2D eigenvalue weighted by atomic mass is 10.2. The predicted octanol–water partition coefficient (Wildman–Crippen LogP) is 2.15. The zero-order valence-corrected chi connectivity index (χ0v) is 11.8. The molecule has 1 saturated heterocycles. The summed E-state index contributed by atoms with van der Waals surface area (Å²) in [7, 11) is 0. The summed E-state index contributed by atoms with van der Waals surface area (Å²) in [6.07, 6.45) is 0.821. The summed E-state index contributed by atoms with van der Waals surface area (Å²) in [6.45, 7) is 7.17. The summed E-state index contributed by atoms with van der Waals surface area (Å²) < 4.78 is 5.60. The van der Waals surface area contributed by atoms with Crippen LogP contribution >= 0.6 is 0 Å². The van der Waals surface area contributed by atoms with Gasteiger partial charge in [0.15, 0.2) is 0 Å². The second-order valence-corrected chi connectivity index (χ2v) is 5.77. The molecule has 0 aliphatic carbocycles. The molecule has 1 aromatic carbocycles. The van der Waals surface area contributed by atoms with Crippen LogP contribution < -0.4 is 10.2 Å². The maximum absolute atomic E-state index is 12.3. The van der Waals surface area contributed by atoms with Gasteiger partial charge >= 0.3 is 0 Å². The molecule has 0 unspecified atom stereocenters. The molecule has 1 aliphatic heterocycles. The van der Waals surface area contributed by atoms with Crippen molar-refractivity contribution in [3.63, 3.8) is 0 Å². The van der Waals surface area contributed by atoms with Gasteiger partial charge in [-0.25, -0.2) is 0 Å². The van der Waals surface area contributed by atoms with E-state index in [0.29, 0.717) is 6.73 Å². The summed E-state index contributed by atoms with van der Waals surface area (Å²) in [6, 6.07) is 9.65. The fourth-order valence-corrected chi connectivity index (χ4v) is 2.09. The van der Waals surface area contributed by atoms with E-state index in [1.165, 1.54) is 0 Å². The highest BCUT2D eigenvalue weighted by Gasteiger charge is 2.32. The lowest BCUT2D eigenvalue weighted by Crippen LogP contribution is -2.40. The van der Waals surface area contributed by atoms with E-state index in [1.807, 2.05) is 56.0 Å². The van der Waals surface area contributed by atoms with Crippen molar-refractivity contribution in [2.24, 2.45) is 0 Å². The molecule has 104 valence electrons. The average Bonchev–Trinajstić information content (AvgIpc) is 2.71. The van der Waals surface area contributed by atoms with Gasteiger partial charge in [0, 0.05) is 12.2 Å². The lowest BCUT2D eigenvalue weighted by molar-refractivity contribution is -0.119. The minimum atomic E-state index is -0.187. The van der Waals surface area contributed by atoms with Crippen LogP contribution in [0.3, 0.4) is 0 Å². The molecule has 0 radical (unpaired) electrons. The van der Waals surface area contributed by atoms with Crippen LogP contribution in [-0.2, 0) is 9.53 Å². The Morgan fingerprint density at radius 3 is 2.63 bits per heavy atom. The van der Waals surface area contributed by atoms with E-state index in [2.05, 4.69) is 5.32 Å². The molecule has 4 nitrogen and oxygen atoms in total. The van der Waals surface area contributed by atoms with E-state index in [-0.39, 0.29) is 17.6 Å². The molecule has 0 spiro atoms. The number of hydrogen-bond acceptors (Lipinski definition) is 3. The monoisotopic (exact) mass is 262 g/mol. The van der Waals surface area contributed by atoms with Gasteiger partial charge in [0.1, 0.15) is 0 Å². The summed E-state index contributed by atoms with van der Waals surface area (Å²) in [5.74, 6) is 0.128. The van der Waals surface area contributed by atoms with Crippen LogP contribution in [0.15, 0.2) is 30.3 Å². The van der Waals surface area contributed by atoms with E-state index in [4.69, 9.17) is 4.74 Å². The molecule has 19 heavy (non-hydrogen) atoms. The van der Waals surface area contributed by atoms with Crippen LogP contribution in [0.1, 0.15) is 27.2 Å². The summed E-state index contributed by atoms with van der Waals surface area (Å²) >= 11 is 0. The Labute approximate surface area is 114 Å². The van der Waals surface area contributed by atoms with Crippen LogP contribution in [0.25, 0.3) is 0 Å². The third kappa shape index (κ3) is 3.78. The Balaban J connectivity index is 1.88. The van der Waals surface area contributed by atoms with Gasteiger partial charge in [0.2, 0.25) is 5.91 Å². The van der Waals surface area contributed by atoms with Crippen LogP contribution in [0.4, 0.5) is 5.69 Å². The smallest absolute Gasteiger partial charge is 0.244 e. The maximum Gasteiger partial charge on any atom is 0.244 e. The van der Waals surface area contributed by atoms with Gasteiger partial charge in [-0.1, -0.05) is 18.2 Å². The third-order valence-corrected chi connectivity index (χ3v) is 3.11. The molecule has 0 aromatic heterocycles.